The van der Waals surface area contributed by atoms with Gasteiger partial charge in [-0.3, -0.25) is 4.68 Å². The second kappa shape index (κ2) is 3.61. The molecule has 12 heavy (non-hydrogen) atoms. The second-order valence-electron chi connectivity index (χ2n) is 2.97. The van der Waals surface area contributed by atoms with Gasteiger partial charge in [-0.1, -0.05) is 20.3 Å². The summed E-state index contributed by atoms with van der Waals surface area (Å²) in [5.41, 5.74) is 1.76. The molecule has 0 saturated heterocycles. The van der Waals surface area contributed by atoms with Gasteiger partial charge >= 0.3 is 0 Å². The van der Waals surface area contributed by atoms with Crippen LogP contribution in [-0.2, 0) is 19.9 Å². The molecule has 0 spiro atoms. The lowest BCUT2D eigenvalue weighted by molar-refractivity contribution is 0.459. The Bertz CT molecular complexity index is 266. The molecule has 3 heteroatoms. The minimum atomic E-state index is 0.391. The van der Waals surface area contributed by atoms with E-state index in [2.05, 4.69) is 12.0 Å². The molecule has 1 rings (SSSR count). The number of rotatable bonds is 3. The molecule has 68 valence electrons. The summed E-state index contributed by atoms with van der Waals surface area (Å²) in [4.78, 5) is 0. The molecule has 1 heterocycles. The van der Waals surface area contributed by atoms with Gasteiger partial charge in [0, 0.05) is 7.05 Å². The van der Waals surface area contributed by atoms with Crippen LogP contribution in [0.25, 0.3) is 0 Å². The zero-order valence-corrected chi connectivity index (χ0v) is 7.96. The van der Waals surface area contributed by atoms with Crippen molar-refractivity contribution < 1.29 is 5.11 Å². The highest BCUT2D eigenvalue weighted by Crippen LogP contribution is 2.22. The van der Waals surface area contributed by atoms with Crippen molar-refractivity contribution in [2.75, 3.05) is 0 Å². The monoisotopic (exact) mass is 168 g/mol. The van der Waals surface area contributed by atoms with E-state index in [-0.39, 0.29) is 0 Å². The predicted molar refractivity (Wildman–Crippen MR) is 48.2 cm³/mol. The number of aryl methyl sites for hydroxylation is 2. The van der Waals surface area contributed by atoms with Crippen LogP contribution in [-0.4, -0.2) is 14.9 Å². The van der Waals surface area contributed by atoms with Gasteiger partial charge in [0.05, 0.1) is 5.69 Å². The Labute approximate surface area is 73.0 Å². The number of aromatic nitrogens is 2. The fourth-order valence-corrected chi connectivity index (χ4v) is 1.36. The molecule has 1 aromatic rings. The average molecular weight is 168 g/mol. The fraction of sp³-hybridized carbons (Fsp3) is 0.667. The highest BCUT2D eigenvalue weighted by Gasteiger charge is 2.11. The van der Waals surface area contributed by atoms with E-state index in [4.69, 9.17) is 0 Å². The lowest BCUT2D eigenvalue weighted by atomic mass is 10.2. The number of nitrogens with zero attached hydrogens (tertiary/aromatic N) is 2. The molecule has 0 radical (unpaired) electrons. The molecule has 0 unspecified atom stereocenters. The van der Waals surface area contributed by atoms with Crippen molar-refractivity contribution >= 4 is 0 Å². The van der Waals surface area contributed by atoms with E-state index in [1.807, 2.05) is 14.0 Å². The fourth-order valence-electron chi connectivity index (χ4n) is 1.36. The molecule has 0 bridgehead atoms. The standard InChI is InChI=1S/C9H16N2O/c1-4-6-8-9(12)7(5-2)10-11(8)3/h12H,4-6H2,1-3H3. The normalized spacial score (nSPS) is 10.6. The van der Waals surface area contributed by atoms with Gasteiger partial charge < -0.3 is 5.11 Å². The Morgan fingerprint density at radius 2 is 2.08 bits per heavy atom. The van der Waals surface area contributed by atoms with E-state index in [1.165, 1.54) is 0 Å². The Balaban J connectivity index is 3.01. The number of aromatic hydroxyl groups is 1. The zero-order valence-electron chi connectivity index (χ0n) is 7.96. The van der Waals surface area contributed by atoms with Gasteiger partial charge in [-0.25, -0.2) is 0 Å². The summed E-state index contributed by atoms with van der Waals surface area (Å²) >= 11 is 0. The molecule has 0 saturated carbocycles. The maximum atomic E-state index is 9.66. The Kier molecular flexibility index (Phi) is 2.74. The van der Waals surface area contributed by atoms with Gasteiger partial charge in [-0.15, -0.1) is 0 Å². The topological polar surface area (TPSA) is 38.1 Å². The molecule has 0 aliphatic rings. The van der Waals surface area contributed by atoms with Crippen LogP contribution in [0.4, 0.5) is 0 Å². The third-order valence-corrected chi connectivity index (χ3v) is 2.03. The first-order valence-electron chi connectivity index (χ1n) is 4.44. The second-order valence-corrected chi connectivity index (χ2v) is 2.97. The van der Waals surface area contributed by atoms with Crippen molar-refractivity contribution in [1.29, 1.82) is 0 Å². The van der Waals surface area contributed by atoms with Crippen LogP contribution >= 0.6 is 0 Å². The first kappa shape index (κ1) is 9.10. The van der Waals surface area contributed by atoms with Crippen LogP contribution in [0.15, 0.2) is 0 Å². The molecule has 0 fully saturated rings. The maximum absolute atomic E-state index is 9.66. The van der Waals surface area contributed by atoms with Gasteiger partial charge in [0.25, 0.3) is 0 Å². The molecule has 1 N–H and O–H groups in total. The number of hydrogen-bond donors (Lipinski definition) is 1. The zero-order chi connectivity index (χ0) is 9.14. The van der Waals surface area contributed by atoms with Crippen LogP contribution in [0.2, 0.25) is 0 Å². The molecule has 0 aliphatic carbocycles. The highest BCUT2D eigenvalue weighted by atomic mass is 16.3. The Hall–Kier alpha value is -0.990. The van der Waals surface area contributed by atoms with Gasteiger partial charge in [0.15, 0.2) is 5.75 Å². The van der Waals surface area contributed by atoms with E-state index in [0.29, 0.717) is 5.75 Å². The van der Waals surface area contributed by atoms with Crippen LogP contribution in [0.5, 0.6) is 5.75 Å². The molecule has 0 amide bonds. The predicted octanol–water partition coefficient (Wildman–Crippen LogP) is 1.64. The molecule has 3 nitrogen and oxygen atoms in total. The van der Waals surface area contributed by atoms with Gasteiger partial charge in [0.1, 0.15) is 5.69 Å². The summed E-state index contributed by atoms with van der Waals surface area (Å²) in [6.45, 7) is 4.09. The van der Waals surface area contributed by atoms with Crippen LogP contribution in [0.1, 0.15) is 31.7 Å². The molecule has 0 aromatic carbocycles. The van der Waals surface area contributed by atoms with Crippen LogP contribution < -0.4 is 0 Å². The van der Waals surface area contributed by atoms with Crippen molar-refractivity contribution in [3.8, 4) is 5.75 Å². The largest absolute Gasteiger partial charge is 0.504 e. The minimum Gasteiger partial charge on any atom is -0.504 e. The van der Waals surface area contributed by atoms with Crippen molar-refractivity contribution in [3.63, 3.8) is 0 Å². The van der Waals surface area contributed by atoms with Crippen molar-refractivity contribution in [2.45, 2.75) is 33.1 Å². The van der Waals surface area contributed by atoms with E-state index in [0.717, 1.165) is 30.7 Å². The SMILES string of the molecule is CCCc1c(O)c(CC)nn1C. The average Bonchev–Trinajstić information content (AvgIpc) is 2.32. The molecule has 0 aliphatic heterocycles. The molecular weight excluding hydrogens is 152 g/mol. The van der Waals surface area contributed by atoms with Crippen molar-refractivity contribution in [3.05, 3.63) is 11.4 Å². The van der Waals surface area contributed by atoms with E-state index < -0.39 is 0 Å². The van der Waals surface area contributed by atoms with Crippen LogP contribution in [0, 0.1) is 0 Å². The quantitative estimate of drug-likeness (QED) is 0.745. The molecule has 0 atom stereocenters. The number of hydrogen-bond acceptors (Lipinski definition) is 2. The molecular formula is C9H16N2O. The molecule has 1 aromatic heterocycles. The summed E-state index contributed by atoms with van der Waals surface area (Å²) in [7, 11) is 1.88. The van der Waals surface area contributed by atoms with E-state index in [9.17, 15) is 5.11 Å². The van der Waals surface area contributed by atoms with Gasteiger partial charge in [-0.05, 0) is 12.8 Å². The van der Waals surface area contributed by atoms with Gasteiger partial charge in [-0.2, -0.15) is 5.10 Å². The van der Waals surface area contributed by atoms with Crippen molar-refractivity contribution in [2.24, 2.45) is 7.05 Å². The van der Waals surface area contributed by atoms with Crippen molar-refractivity contribution in [1.82, 2.24) is 9.78 Å². The summed E-state index contributed by atoms with van der Waals surface area (Å²) in [5.74, 6) is 0.391. The summed E-state index contributed by atoms with van der Waals surface area (Å²) < 4.78 is 1.78. The van der Waals surface area contributed by atoms with Gasteiger partial charge in [0.2, 0.25) is 0 Å². The van der Waals surface area contributed by atoms with Crippen LogP contribution in [0.3, 0.4) is 0 Å². The van der Waals surface area contributed by atoms with E-state index >= 15 is 0 Å². The lowest BCUT2D eigenvalue weighted by Crippen LogP contribution is -1.97. The Morgan fingerprint density at radius 1 is 1.42 bits per heavy atom. The Morgan fingerprint density at radius 3 is 2.50 bits per heavy atom. The summed E-state index contributed by atoms with van der Waals surface area (Å²) in [6, 6.07) is 0. The first-order chi connectivity index (χ1) is 5.70. The first-order valence-corrected chi connectivity index (χ1v) is 4.44. The minimum absolute atomic E-state index is 0.391. The highest BCUT2D eigenvalue weighted by molar-refractivity contribution is 5.32. The summed E-state index contributed by atoms with van der Waals surface area (Å²) in [6.07, 6.45) is 2.73. The third-order valence-electron chi connectivity index (χ3n) is 2.03. The smallest absolute Gasteiger partial charge is 0.160 e. The maximum Gasteiger partial charge on any atom is 0.160 e. The third kappa shape index (κ3) is 1.44. The van der Waals surface area contributed by atoms with E-state index in [1.54, 1.807) is 4.68 Å². The lowest BCUT2D eigenvalue weighted by Gasteiger charge is -1.98. The summed E-state index contributed by atoms with van der Waals surface area (Å²) in [5, 5.41) is 13.9.